The zero-order chi connectivity index (χ0) is 16.7. The van der Waals surface area contributed by atoms with Gasteiger partial charge in [0.15, 0.2) is 0 Å². The summed E-state index contributed by atoms with van der Waals surface area (Å²) in [7, 11) is 0. The monoisotopic (exact) mass is 300 g/mol. The van der Waals surface area contributed by atoms with Crippen molar-refractivity contribution in [2.45, 2.75) is 53.9 Å². The molecule has 0 aromatic rings. The Morgan fingerprint density at radius 2 is 1.62 bits per heavy atom. The topological polar surface area (TPSA) is 95.5 Å². The van der Waals surface area contributed by atoms with E-state index in [1.54, 1.807) is 13.8 Å². The molecule has 0 radical (unpaired) electrons. The lowest BCUT2D eigenvalue weighted by molar-refractivity contribution is -0.148. The zero-order valence-corrected chi connectivity index (χ0v) is 13.7. The summed E-state index contributed by atoms with van der Waals surface area (Å²) >= 11 is 0. The summed E-state index contributed by atoms with van der Waals surface area (Å²) in [5.74, 6) is -1.16. The molecule has 0 aliphatic rings. The quantitative estimate of drug-likeness (QED) is 0.593. The standard InChI is InChI=1S/C15H28N2O4/c1-6-15(5,13(20)21)10-17-11(18)8-7-9-16-12(19)14(2,3)4/h6-10H2,1-5H3,(H,16,19)(H,17,18)(H,20,21). The molecule has 0 aromatic heterocycles. The number of aliphatic carboxylic acids is 1. The molecule has 0 rings (SSSR count). The lowest BCUT2D eigenvalue weighted by Crippen LogP contribution is -2.41. The molecule has 21 heavy (non-hydrogen) atoms. The summed E-state index contributed by atoms with van der Waals surface area (Å²) in [5, 5.41) is 14.5. The Morgan fingerprint density at radius 1 is 1.05 bits per heavy atom. The first-order valence-corrected chi connectivity index (χ1v) is 7.31. The summed E-state index contributed by atoms with van der Waals surface area (Å²) < 4.78 is 0. The highest BCUT2D eigenvalue weighted by Gasteiger charge is 2.31. The minimum absolute atomic E-state index is 0.0488. The van der Waals surface area contributed by atoms with Gasteiger partial charge in [0.2, 0.25) is 11.8 Å². The zero-order valence-electron chi connectivity index (χ0n) is 13.7. The average molecular weight is 300 g/mol. The maximum absolute atomic E-state index is 11.7. The number of hydrogen-bond acceptors (Lipinski definition) is 3. The van der Waals surface area contributed by atoms with Crippen LogP contribution >= 0.6 is 0 Å². The average Bonchev–Trinajstić information content (AvgIpc) is 2.39. The molecule has 0 saturated carbocycles. The van der Waals surface area contributed by atoms with Crippen LogP contribution in [0.3, 0.4) is 0 Å². The minimum Gasteiger partial charge on any atom is -0.481 e. The Labute approximate surface area is 126 Å². The van der Waals surface area contributed by atoms with Gasteiger partial charge in [-0.05, 0) is 19.8 Å². The maximum Gasteiger partial charge on any atom is 0.311 e. The van der Waals surface area contributed by atoms with Gasteiger partial charge in [0, 0.05) is 24.9 Å². The van der Waals surface area contributed by atoms with Crippen molar-refractivity contribution in [3.05, 3.63) is 0 Å². The largest absolute Gasteiger partial charge is 0.481 e. The molecule has 0 saturated heterocycles. The van der Waals surface area contributed by atoms with Gasteiger partial charge in [0.1, 0.15) is 0 Å². The van der Waals surface area contributed by atoms with Crippen LogP contribution in [0.25, 0.3) is 0 Å². The second-order valence-electron chi connectivity index (χ2n) is 6.61. The number of carbonyl (C=O) groups excluding carboxylic acids is 2. The van der Waals surface area contributed by atoms with Crippen molar-refractivity contribution in [3.63, 3.8) is 0 Å². The van der Waals surface area contributed by atoms with E-state index >= 15 is 0 Å². The molecule has 0 aromatic carbocycles. The number of nitrogens with one attached hydrogen (secondary N) is 2. The van der Waals surface area contributed by atoms with Gasteiger partial charge in [-0.15, -0.1) is 0 Å². The molecular weight excluding hydrogens is 272 g/mol. The minimum atomic E-state index is -0.934. The summed E-state index contributed by atoms with van der Waals surface area (Å²) in [6.07, 6.45) is 1.25. The molecule has 1 unspecified atom stereocenters. The van der Waals surface area contributed by atoms with Crippen molar-refractivity contribution >= 4 is 17.8 Å². The molecule has 0 bridgehead atoms. The summed E-state index contributed by atoms with van der Waals surface area (Å²) in [4.78, 5) is 34.4. The summed E-state index contributed by atoms with van der Waals surface area (Å²) in [5.41, 5.74) is -1.37. The number of carbonyl (C=O) groups is 3. The second kappa shape index (κ2) is 8.00. The number of amides is 2. The fraction of sp³-hybridized carbons (Fsp3) is 0.800. The third-order valence-electron chi connectivity index (χ3n) is 3.52. The molecule has 2 amide bonds. The fourth-order valence-electron chi connectivity index (χ4n) is 1.45. The van der Waals surface area contributed by atoms with E-state index in [0.29, 0.717) is 19.4 Å². The summed E-state index contributed by atoms with van der Waals surface area (Å²) in [6, 6.07) is 0. The molecule has 0 aliphatic carbocycles. The van der Waals surface area contributed by atoms with E-state index < -0.39 is 16.8 Å². The third kappa shape index (κ3) is 7.11. The fourth-order valence-corrected chi connectivity index (χ4v) is 1.45. The molecule has 122 valence electrons. The highest BCUT2D eigenvalue weighted by atomic mass is 16.4. The second-order valence-corrected chi connectivity index (χ2v) is 6.61. The van der Waals surface area contributed by atoms with Crippen molar-refractivity contribution in [1.82, 2.24) is 10.6 Å². The molecule has 0 aliphatic heterocycles. The lowest BCUT2D eigenvalue weighted by Gasteiger charge is -2.23. The molecule has 0 spiro atoms. The normalized spacial score (nSPS) is 14.1. The molecular formula is C15H28N2O4. The first-order chi connectivity index (χ1) is 9.53. The van der Waals surface area contributed by atoms with Crippen molar-refractivity contribution < 1.29 is 19.5 Å². The van der Waals surface area contributed by atoms with Gasteiger partial charge in [0.05, 0.1) is 5.41 Å². The summed E-state index contributed by atoms with van der Waals surface area (Å²) in [6.45, 7) is 9.42. The van der Waals surface area contributed by atoms with E-state index in [-0.39, 0.29) is 24.8 Å². The number of hydrogen-bond donors (Lipinski definition) is 3. The first-order valence-electron chi connectivity index (χ1n) is 7.31. The van der Waals surface area contributed by atoms with Crippen LogP contribution in [-0.4, -0.2) is 36.0 Å². The van der Waals surface area contributed by atoms with Crippen LogP contribution in [-0.2, 0) is 14.4 Å². The van der Waals surface area contributed by atoms with E-state index in [4.69, 9.17) is 5.11 Å². The van der Waals surface area contributed by atoms with Crippen LogP contribution in [0, 0.1) is 10.8 Å². The Hall–Kier alpha value is -1.59. The van der Waals surface area contributed by atoms with E-state index in [1.807, 2.05) is 20.8 Å². The first kappa shape index (κ1) is 19.4. The van der Waals surface area contributed by atoms with Gasteiger partial charge in [-0.1, -0.05) is 27.7 Å². The predicted molar refractivity (Wildman–Crippen MR) is 80.7 cm³/mol. The van der Waals surface area contributed by atoms with Gasteiger partial charge >= 0.3 is 5.97 Å². The molecule has 6 heteroatoms. The van der Waals surface area contributed by atoms with Crippen LogP contribution in [0.4, 0.5) is 0 Å². The Bertz CT molecular complexity index is 388. The van der Waals surface area contributed by atoms with Gasteiger partial charge in [0.25, 0.3) is 0 Å². The van der Waals surface area contributed by atoms with E-state index in [9.17, 15) is 14.4 Å². The van der Waals surface area contributed by atoms with E-state index in [1.165, 1.54) is 0 Å². The van der Waals surface area contributed by atoms with Crippen molar-refractivity contribution in [3.8, 4) is 0 Å². The van der Waals surface area contributed by atoms with Gasteiger partial charge in [-0.2, -0.15) is 0 Å². The van der Waals surface area contributed by atoms with Crippen molar-refractivity contribution in [2.24, 2.45) is 10.8 Å². The Kier molecular flexibility index (Phi) is 7.39. The number of carboxylic acids is 1. The lowest BCUT2D eigenvalue weighted by atomic mass is 9.87. The Morgan fingerprint density at radius 3 is 2.05 bits per heavy atom. The molecule has 3 N–H and O–H groups in total. The van der Waals surface area contributed by atoms with Crippen molar-refractivity contribution in [2.75, 3.05) is 13.1 Å². The van der Waals surface area contributed by atoms with Crippen LogP contribution in [0.5, 0.6) is 0 Å². The molecule has 6 nitrogen and oxygen atoms in total. The molecule has 0 heterocycles. The van der Waals surface area contributed by atoms with Crippen LogP contribution in [0.1, 0.15) is 53.9 Å². The van der Waals surface area contributed by atoms with Crippen LogP contribution < -0.4 is 10.6 Å². The van der Waals surface area contributed by atoms with Crippen LogP contribution in [0.15, 0.2) is 0 Å². The maximum atomic E-state index is 11.7. The third-order valence-corrected chi connectivity index (χ3v) is 3.52. The molecule has 1 atom stereocenters. The number of rotatable bonds is 8. The number of carboxylic acid groups (broad SMARTS) is 1. The van der Waals surface area contributed by atoms with Crippen LogP contribution in [0.2, 0.25) is 0 Å². The molecule has 0 fully saturated rings. The van der Waals surface area contributed by atoms with Gasteiger partial charge < -0.3 is 15.7 Å². The van der Waals surface area contributed by atoms with E-state index in [0.717, 1.165) is 0 Å². The van der Waals surface area contributed by atoms with Gasteiger partial charge in [-0.3, -0.25) is 14.4 Å². The van der Waals surface area contributed by atoms with Crippen molar-refractivity contribution in [1.29, 1.82) is 0 Å². The highest BCUT2D eigenvalue weighted by Crippen LogP contribution is 2.19. The Balaban J connectivity index is 3.98. The highest BCUT2D eigenvalue weighted by molar-refractivity contribution is 5.81. The predicted octanol–water partition coefficient (Wildman–Crippen LogP) is 1.55. The smallest absolute Gasteiger partial charge is 0.311 e. The van der Waals surface area contributed by atoms with Gasteiger partial charge in [-0.25, -0.2) is 0 Å². The van der Waals surface area contributed by atoms with E-state index in [2.05, 4.69) is 10.6 Å². The SMILES string of the molecule is CCC(C)(CNC(=O)CCCNC(=O)C(C)(C)C)C(=O)O.